The van der Waals surface area contributed by atoms with E-state index in [1.165, 1.54) is 37.4 Å². The third-order valence-corrected chi connectivity index (χ3v) is 4.60. The molecule has 2 aromatic rings. The summed E-state index contributed by atoms with van der Waals surface area (Å²) in [5.41, 5.74) is 1.77. The van der Waals surface area contributed by atoms with Crippen LogP contribution in [-0.4, -0.2) is 15.5 Å². The van der Waals surface area contributed by atoms with Gasteiger partial charge in [0.1, 0.15) is 11.6 Å². The Hall–Kier alpha value is -2.08. The molecule has 2 aromatic carbocycles. The Morgan fingerprint density at radius 2 is 1.67 bits per heavy atom. The van der Waals surface area contributed by atoms with Crippen LogP contribution in [0.3, 0.4) is 0 Å². The number of sulfonamides is 1. The number of nitrogens with one attached hydrogen (secondary N) is 1. The molecule has 0 saturated heterocycles. The van der Waals surface area contributed by atoms with Gasteiger partial charge < -0.3 is 4.74 Å². The fraction of sp³-hybridized carbons (Fsp3) is 0.200. The van der Waals surface area contributed by atoms with Gasteiger partial charge in [-0.1, -0.05) is 6.07 Å². The van der Waals surface area contributed by atoms with Gasteiger partial charge in [-0.25, -0.2) is 12.8 Å². The lowest BCUT2D eigenvalue weighted by atomic mass is 10.1. The molecule has 21 heavy (non-hydrogen) atoms. The maximum atomic E-state index is 12.9. The predicted octanol–water partition coefficient (Wildman–Crippen LogP) is 3.25. The van der Waals surface area contributed by atoms with Gasteiger partial charge in [-0.15, -0.1) is 0 Å². The Balaban J connectivity index is 2.42. The SMILES string of the molecule is COc1cc(S(=O)(=O)Nc2ccc(F)cc2)c(C)cc1C. The maximum absolute atomic E-state index is 12.9. The Kier molecular flexibility index (Phi) is 4.18. The van der Waals surface area contributed by atoms with Gasteiger partial charge in [-0.2, -0.15) is 0 Å². The lowest BCUT2D eigenvalue weighted by molar-refractivity contribution is 0.410. The van der Waals surface area contributed by atoms with Gasteiger partial charge in [0.25, 0.3) is 10.0 Å². The van der Waals surface area contributed by atoms with Gasteiger partial charge in [-0.3, -0.25) is 4.72 Å². The van der Waals surface area contributed by atoms with Crippen LogP contribution in [-0.2, 0) is 10.0 Å². The number of hydrogen-bond donors (Lipinski definition) is 1. The average molecular weight is 309 g/mol. The Morgan fingerprint density at radius 3 is 2.24 bits per heavy atom. The highest BCUT2D eigenvalue weighted by Gasteiger charge is 2.19. The summed E-state index contributed by atoms with van der Waals surface area (Å²) < 4.78 is 45.3. The molecule has 0 spiro atoms. The summed E-state index contributed by atoms with van der Waals surface area (Å²) in [7, 11) is -2.27. The molecule has 4 nitrogen and oxygen atoms in total. The summed E-state index contributed by atoms with van der Waals surface area (Å²) in [6.07, 6.45) is 0. The normalized spacial score (nSPS) is 11.2. The maximum Gasteiger partial charge on any atom is 0.262 e. The minimum atomic E-state index is -3.76. The molecule has 6 heteroatoms. The molecule has 0 fully saturated rings. The highest BCUT2D eigenvalue weighted by molar-refractivity contribution is 7.92. The van der Waals surface area contributed by atoms with Crippen LogP contribution in [0.5, 0.6) is 5.75 Å². The number of rotatable bonds is 4. The first-order valence-corrected chi connectivity index (χ1v) is 7.75. The first kappa shape index (κ1) is 15.3. The molecular weight excluding hydrogens is 293 g/mol. The van der Waals surface area contributed by atoms with E-state index >= 15 is 0 Å². The van der Waals surface area contributed by atoms with Crippen LogP contribution >= 0.6 is 0 Å². The second-order valence-electron chi connectivity index (χ2n) is 4.70. The molecule has 0 atom stereocenters. The lowest BCUT2D eigenvalue weighted by Gasteiger charge is -2.13. The molecule has 0 aliphatic heterocycles. The molecule has 0 aliphatic rings. The van der Waals surface area contributed by atoms with Crippen LogP contribution in [0.2, 0.25) is 0 Å². The molecule has 1 N–H and O–H groups in total. The molecule has 0 bridgehead atoms. The number of hydrogen-bond acceptors (Lipinski definition) is 3. The number of ether oxygens (including phenoxy) is 1. The van der Waals surface area contributed by atoms with E-state index in [1.54, 1.807) is 13.0 Å². The van der Waals surface area contributed by atoms with E-state index in [0.29, 0.717) is 17.0 Å². The first-order valence-electron chi connectivity index (χ1n) is 6.27. The number of benzene rings is 2. The highest BCUT2D eigenvalue weighted by atomic mass is 32.2. The standard InChI is InChI=1S/C15H16FNO3S/c1-10-8-11(2)15(9-14(10)20-3)21(18,19)17-13-6-4-12(16)5-7-13/h4-9,17H,1-3H3. The second kappa shape index (κ2) is 5.73. The molecule has 0 unspecified atom stereocenters. The first-order chi connectivity index (χ1) is 9.83. The van der Waals surface area contributed by atoms with E-state index in [4.69, 9.17) is 4.74 Å². The number of methoxy groups -OCH3 is 1. The lowest BCUT2D eigenvalue weighted by Crippen LogP contribution is -2.14. The zero-order valence-electron chi connectivity index (χ0n) is 12.0. The summed E-state index contributed by atoms with van der Waals surface area (Å²) >= 11 is 0. The van der Waals surface area contributed by atoms with Crippen molar-refractivity contribution in [1.82, 2.24) is 0 Å². The molecule has 0 amide bonds. The second-order valence-corrected chi connectivity index (χ2v) is 6.35. The monoisotopic (exact) mass is 309 g/mol. The van der Waals surface area contributed by atoms with Crippen LogP contribution in [0.15, 0.2) is 41.3 Å². The van der Waals surface area contributed by atoms with E-state index in [1.807, 2.05) is 6.92 Å². The topological polar surface area (TPSA) is 55.4 Å². The van der Waals surface area contributed by atoms with E-state index in [2.05, 4.69) is 4.72 Å². The number of aryl methyl sites for hydroxylation is 2. The quantitative estimate of drug-likeness (QED) is 0.943. The molecule has 0 radical (unpaired) electrons. The van der Waals surface area contributed by atoms with Gasteiger partial charge >= 0.3 is 0 Å². The van der Waals surface area contributed by atoms with Crippen molar-refractivity contribution in [2.75, 3.05) is 11.8 Å². The molecular formula is C15H16FNO3S. The molecule has 112 valence electrons. The van der Waals surface area contributed by atoms with Crippen molar-refractivity contribution >= 4 is 15.7 Å². The van der Waals surface area contributed by atoms with Crippen LogP contribution in [0.1, 0.15) is 11.1 Å². The van der Waals surface area contributed by atoms with Crippen LogP contribution in [0.25, 0.3) is 0 Å². The summed E-state index contributed by atoms with van der Waals surface area (Å²) in [6, 6.07) is 8.36. The summed E-state index contributed by atoms with van der Waals surface area (Å²) in [4.78, 5) is 0.134. The fourth-order valence-corrected chi connectivity index (χ4v) is 3.35. The van der Waals surface area contributed by atoms with Crippen LogP contribution in [0, 0.1) is 19.7 Å². The Morgan fingerprint density at radius 1 is 1.05 bits per heavy atom. The Bertz CT molecular complexity index is 755. The van der Waals surface area contributed by atoms with Crippen molar-refractivity contribution in [1.29, 1.82) is 0 Å². The third-order valence-electron chi connectivity index (χ3n) is 3.08. The van der Waals surface area contributed by atoms with Gasteiger partial charge in [0.15, 0.2) is 0 Å². The van der Waals surface area contributed by atoms with Gasteiger partial charge in [0.2, 0.25) is 0 Å². The van der Waals surface area contributed by atoms with E-state index in [-0.39, 0.29) is 4.90 Å². The van der Waals surface area contributed by atoms with Crippen molar-refractivity contribution in [3.05, 3.63) is 53.3 Å². The third kappa shape index (κ3) is 3.33. The van der Waals surface area contributed by atoms with Crippen LogP contribution < -0.4 is 9.46 Å². The molecule has 0 aliphatic carbocycles. The van der Waals surface area contributed by atoms with Gasteiger partial charge in [0.05, 0.1) is 12.0 Å². The molecule has 0 heterocycles. The molecule has 2 rings (SSSR count). The zero-order valence-corrected chi connectivity index (χ0v) is 12.8. The summed E-state index contributed by atoms with van der Waals surface area (Å²) in [6.45, 7) is 3.56. The van der Waals surface area contributed by atoms with Crippen molar-refractivity contribution in [3.8, 4) is 5.75 Å². The molecule has 0 aromatic heterocycles. The largest absolute Gasteiger partial charge is 0.496 e. The van der Waals surface area contributed by atoms with E-state index < -0.39 is 15.8 Å². The fourth-order valence-electron chi connectivity index (χ4n) is 2.05. The molecule has 0 saturated carbocycles. The van der Waals surface area contributed by atoms with Gasteiger partial charge in [-0.05, 0) is 49.2 Å². The van der Waals surface area contributed by atoms with Crippen molar-refractivity contribution in [2.45, 2.75) is 18.7 Å². The number of halogens is 1. The minimum absolute atomic E-state index is 0.134. The van der Waals surface area contributed by atoms with Crippen LogP contribution in [0.4, 0.5) is 10.1 Å². The smallest absolute Gasteiger partial charge is 0.262 e. The Labute approximate surface area is 123 Å². The highest BCUT2D eigenvalue weighted by Crippen LogP contribution is 2.27. The summed E-state index contributed by atoms with van der Waals surface area (Å²) in [5.74, 6) is 0.0752. The number of anilines is 1. The average Bonchev–Trinajstić information content (AvgIpc) is 2.41. The van der Waals surface area contributed by atoms with Crippen molar-refractivity contribution in [3.63, 3.8) is 0 Å². The predicted molar refractivity (Wildman–Crippen MR) is 79.7 cm³/mol. The minimum Gasteiger partial charge on any atom is -0.496 e. The van der Waals surface area contributed by atoms with E-state index in [9.17, 15) is 12.8 Å². The zero-order chi connectivity index (χ0) is 15.6. The summed E-state index contributed by atoms with van der Waals surface area (Å²) in [5, 5.41) is 0. The van der Waals surface area contributed by atoms with Crippen molar-refractivity contribution in [2.24, 2.45) is 0 Å². The van der Waals surface area contributed by atoms with Gasteiger partial charge in [0, 0.05) is 11.8 Å². The van der Waals surface area contributed by atoms with E-state index in [0.717, 1.165) is 5.56 Å². The van der Waals surface area contributed by atoms with Crippen molar-refractivity contribution < 1.29 is 17.5 Å².